The molecule has 1 rings (SSSR count). The molecule has 0 saturated heterocycles. The number of alkyl halides is 1. The fourth-order valence-electron chi connectivity index (χ4n) is 1.56. The van der Waals surface area contributed by atoms with Crippen molar-refractivity contribution in [1.29, 1.82) is 0 Å². The van der Waals surface area contributed by atoms with Crippen LogP contribution in [0.5, 0.6) is 0 Å². The Morgan fingerprint density at radius 3 is 2.62 bits per heavy atom. The molecular weight excluding hydrogens is 272 g/mol. The normalized spacial score (nSPS) is 14.5. The van der Waals surface area contributed by atoms with Crippen molar-refractivity contribution in [3.63, 3.8) is 0 Å². The zero-order valence-corrected chi connectivity index (χ0v) is 11.2. The Kier molecular flexibility index (Phi) is 4.41. The molecule has 1 heterocycles. The van der Waals surface area contributed by atoms with Crippen LogP contribution in [0.15, 0.2) is 12.1 Å². The van der Waals surface area contributed by atoms with Crippen LogP contribution in [0.4, 0.5) is 5.69 Å². The Labute approximate surface area is 103 Å². The lowest BCUT2D eigenvalue weighted by Crippen LogP contribution is -2.10. The molecule has 0 aliphatic heterocycles. The van der Waals surface area contributed by atoms with Crippen molar-refractivity contribution >= 4 is 21.6 Å². The molecular formula is C11H15BrN2O2. The van der Waals surface area contributed by atoms with Crippen LogP contribution in [0.1, 0.15) is 37.6 Å². The van der Waals surface area contributed by atoms with Gasteiger partial charge >= 0.3 is 0 Å². The first-order chi connectivity index (χ1) is 7.47. The molecule has 0 fully saturated rings. The minimum atomic E-state index is -0.401. The predicted molar refractivity (Wildman–Crippen MR) is 67.0 cm³/mol. The molecule has 0 spiro atoms. The highest BCUT2D eigenvalue weighted by atomic mass is 79.9. The van der Waals surface area contributed by atoms with Crippen molar-refractivity contribution in [1.82, 2.24) is 4.98 Å². The van der Waals surface area contributed by atoms with Crippen LogP contribution >= 0.6 is 15.9 Å². The molecule has 1 aromatic rings. The molecule has 0 aliphatic rings. The van der Waals surface area contributed by atoms with Crippen molar-refractivity contribution in [2.24, 2.45) is 0 Å². The SMILES string of the molecule is CCC(Br)C(C)c1ccc([N+](=O)[O-])c(C)n1. The summed E-state index contributed by atoms with van der Waals surface area (Å²) in [5.41, 5.74) is 1.45. The van der Waals surface area contributed by atoms with Crippen LogP contribution in [-0.2, 0) is 0 Å². The lowest BCUT2D eigenvalue weighted by molar-refractivity contribution is -0.385. The first-order valence-corrected chi connectivity index (χ1v) is 6.15. The Hall–Kier alpha value is -0.970. The van der Waals surface area contributed by atoms with Gasteiger partial charge in [-0.2, -0.15) is 0 Å². The van der Waals surface area contributed by atoms with Gasteiger partial charge in [0, 0.05) is 22.5 Å². The first kappa shape index (κ1) is 13.1. The maximum Gasteiger partial charge on any atom is 0.290 e. The highest BCUT2D eigenvalue weighted by Crippen LogP contribution is 2.27. The summed E-state index contributed by atoms with van der Waals surface area (Å²) in [6, 6.07) is 3.27. The molecule has 5 heteroatoms. The number of aryl methyl sites for hydroxylation is 1. The third-order valence-corrected chi connectivity index (χ3v) is 4.12. The molecule has 0 aliphatic carbocycles. The first-order valence-electron chi connectivity index (χ1n) is 5.23. The van der Waals surface area contributed by atoms with Crippen molar-refractivity contribution in [2.45, 2.75) is 37.9 Å². The van der Waals surface area contributed by atoms with Crippen LogP contribution in [0.2, 0.25) is 0 Å². The maximum absolute atomic E-state index is 10.6. The molecule has 0 N–H and O–H groups in total. The lowest BCUT2D eigenvalue weighted by atomic mass is 10.0. The highest BCUT2D eigenvalue weighted by Gasteiger charge is 2.18. The van der Waals surface area contributed by atoms with E-state index in [2.05, 4.69) is 34.8 Å². The number of pyridine rings is 1. The van der Waals surface area contributed by atoms with E-state index < -0.39 is 4.92 Å². The topological polar surface area (TPSA) is 56.0 Å². The van der Waals surface area contributed by atoms with E-state index in [9.17, 15) is 10.1 Å². The third kappa shape index (κ3) is 2.78. The van der Waals surface area contributed by atoms with E-state index in [0.29, 0.717) is 10.5 Å². The van der Waals surface area contributed by atoms with Crippen LogP contribution in [0.3, 0.4) is 0 Å². The molecule has 0 bridgehead atoms. The Morgan fingerprint density at radius 1 is 1.56 bits per heavy atom. The van der Waals surface area contributed by atoms with Gasteiger partial charge in [-0.1, -0.05) is 29.8 Å². The van der Waals surface area contributed by atoms with Gasteiger partial charge in [-0.15, -0.1) is 0 Å². The fourth-order valence-corrected chi connectivity index (χ4v) is 1.83. The molecule has 1 aromatic heterocycles. The third-order valence-electron chi connectivity index (χ3n) is 2.68. The summed E-state index contributed by atoms with van der Waals surface area (Å²) in [4.78, 5) is 14.9. The molecule has 88 valence electrons. The number of nitro groups is 1. The van der Waals surface area contributed by atoms with Gasteiger partial charge in [0.15, 0.2) is 0 Å². The van der Waals surface area contributed by atoms with E-state index in [1.807, 2.05) is 0 Å². The number of hydrogen-bond acceptors (Lipinski definition) is 3. The van der Waals surface area contributed by atoms with Gasteiger partial charge in [-0.05, 0) is 19.4 Å². The number of aromatic nitrogens is 1. The quantitative estimate of drug-likeness (QED) is 0.483. The minimum Gasteiger partial charge on any atom is -0.258 e. The second-order valence-corrected chi connectivity index (χ2v) is 4.99. The summed E-state index contributed by atoms with van der Waals surface area (Å²) in [6.07, 6.45) is 0.999. The molecule has 2 unspecified atom stereocenters. The van der Waals surface area contributed by atoms with Crippen molar-refractivity contribution < 1.29 is 4.92 Å². The van der Waals surface area contributed by atoms with Crippen LogP contribution in [0, 0.1) is 17.0 Å². The van der Waals surface area contributed by atoms with E-state index in [-0.39, 0.29) is 11.6 Å². The summed E-state index contributed by atoms with van der Waals surface area (Å²) >= 11 is 3.58. The van der Waals surface area contributed by atoms with E-state index >= 15 is 0 Å². The van der Waals surface area contributed by atoms with Crippen molar-refractivity contribution in [2.75, 3.05) is 0 Å². The van der Waals surface area contributed by atoms with Gasteiger partial charge in [-0.25, -0.2) is 0 Å². The minimum absolute atomic E-state index is 0.0820. The second kappa shape index (κ2) is 5.39. The van der Waals surface area contributed by atoms with E-state index in [0.717, 1.165) is 12.1 Å². The molecule has 0 saturated carbocycles. The highest BCUT2D eigenvalue weighted by molar-refractivity contribution is 9.09. The maximum atomic E-state index is 10.6. The Bertz CT molecular complexity index is 396. The largest absolute Gasteiger partial charge is 0.290 e. The summed E-state index contributed by atoms with van der Waals surface area (Å²) in [5.74, 6) is 0.254. The van der Waals surface area contributed by atoms with Gasteiger partial charge in [0.05, 0.1) is 4.92 Å². The molecule has 16 heavy (non-hydrogen) atoms. The molecule has 2 atom stereocenters. The zero-order chi connectivity index (χ0) is 12.3. The number of nitrogens with zero attached hydrogens (tertiary/aromatic N) is 2. The summed E-state index contributed by atoms with van der Waals surface area (Å²) < 4.78 is 0. The van der Waals surface area contributed by atoms with Gasteiger partial charge in [0.1, 0.15) is 5.69 Å². The summed E-state index contributed by atoms with van der Waals surface area (Å²) in [6.45, 7) is 5.83. The van der Waals surface area contributed by atoms with E-state index in [1.54, 1.807) is 13.0 Å². The fraction of sp³-hybridized carbons (Fsp3) is 0.545. The summed E-state index contributed by atoms with van der Waals surface area (Å²) in [5, 5.41) is 10.6. The van der Waals surface area contributed by atoms with E-state index in [4.69, 9.17) is 0 Å². The Balaban J connectivity index is 3.01. The second-order valence-electron chi connectivity index (χ2n) is 3.81. The van der Waals surface area contributed by atoms with Crippen molar-refractivity contribution in [3.05, 3.63) is 33.6 Å². The smallest absolute Gasteiger partial charge is 0.258 e. The van der Waals surface area contributed by atoms with Gasteiger partial charge < -0.3 is 0 Å². The van der Waals surface area contributed by atoms with Gasteiger partial charge in [-0.3, -0.25) is 15.1 Å². The Morgan fingerprint density at radius 2 is 2.19 bits per heavy atom. The van der Waals surface area contributed by atoms with Gasteiger partial charge in [0.2, 0.25) is 0 Å². The van der Waals surface area contributed by atoms with Crippen LogP contribution in [-0.4, -0.2) is 14.7 Å². The molecule has 0 radical (unpaired) electrons. The summed E-state index contributed by atoms with van der Waals surface area (Å²) in [7, 11) is 0. The van der Waals surface area contributed by atoms with E-state index in [1.165, 1.54) is 6.07 Å². The average molecular weight is 287 g/mol. The van der Waals surface area contributed by atoms with Crippen LogP contribution in [0.25, 0.3) is 0 Å². The monoisotopic (exact) mass is 286 g/mol. The van der Waals surface area contributed by atoms with Crippen molar-refractivity contribution in [3.8, 4) is 0 Å². The predicted octanol–water partition coefficient (Wildman–Crippen LogP) is 3.58. The number of hydrogen-bond donors (Lipinski definition) is 0. The molecule has 4 nitrogen and oxygen atoms in total. The standard InChI is InChI=1S/C11H15BrN2O2/c1-4-9(12)7(2)10-5-6-11(14(15)16)8(3)13-10/h5-7,9H,4H2,1-3H3. The zero-order valence-electron chi connectivity index (χ0n) is 9.61. The molecule has 0 amide bonds. The number of rotatable bonds is 4. The lowest BCUT2D eigenvalue weighted by Gasteiger charge is -2.16. The number of halogens is 1. The molecule has 0 aromatic carbocycles. The van der Waals surface area contributed by atoms with Gasteiger partial charge in [0.25, 0.3) is 5.69 Å². The average Bonchev–Trinajstić information content (AvgIpc) is 2.26. The van der Waals surface area contributed by atoms with Crippen LogP contribution < -0.4 is 0 Å².